The van der Waals surface area contributed by atoms with Crippen molar-refractivity contribution < 1.29 is 26.4 Å². The molecule has 0 fully saturated rings. The molecule has 2 amide bonds. The van der Waals surface area contributed by atoms with Crippen LogP contribution in [0.5, 0.6) is 0 Å². The van der Waals surface area contributed by atoms with Gasteiger partial charge in [0.1, 0.15) is 28.8 Å². The summed E-state index contributed by atoms with van der Waals surface area (Å²) in [6.45, 7) is 1.41. The number of rotatable bonds is 4. The van der Waals surface area contributed by atoms with Crippen LogP contribution >= 0.6 is 0 Å². The zero-order valence-electron chi connectivity index (χ0n) is 16.9. The van der Waals surface area contributed by atoms with Crippen molar-refractivity contribution in [2.75, 3.05) is 18.1 Å². The lowest BCUT2D eigenvalue weighted by Crippen LogP contribution is -2.25. The Morgan fingerprint density at radius 2 is 1.94 bits per heavy atom. The van der Waals surface area contributed by atoms with Crippen LogP contribution in [0.4, 0.5) is 23.8 Å². The number of nitrogens with one attached hydrogen (secondary N) is 2. The van der Waals surface area contributed by atoms with Crippen molar-refractivity contribution in [1.29, 1.82) is 5.26 Å². The molecular weight excluding hydrogens is 451 g/mol. The number of carbonyl (C=O) groups is 1. The number of nitrogens with zero attached hydrogens (tertiary/aromatic N) is 5. The van der Waals surface area contributed by atoms with E-state index in [2.05, 4.69) is 25.6 Å². The van der Waals surface area contributed by atoms with E-state index in [0.717, 1.165) is 0 Å². The van der Waals surface area contributed by atoms with E-state index in [-0.39, 0.29) is 39.0 Å². The number of urea groups is 1. The zero-order chi connectivity index (χ0) is 23.8. The van der Waals surface area contributed by atoms with E-state index in [4.69, 9.17) is 0 Å². The molecule has 0 aliphatic heterocycles. The molecule has 0 bridgehead atoms. The predicted octanol–water partition coefficient (Wildman–Crippen LogP) is 2.47. The molecule has 168 valence electrons. The van der Waals surface area contributed by atoms with Gasteiger partial charge in [0, 0.05) is 14.1 Å². The van der Waals surface area contributed by atoms with Crippen LogP contribution in [0.15, 0.2) is 23.1 Å². The molecule has 3 rings (SSSR count). The van der Waals surface area contributed by atoms with Gasteiger partial charge in [-0.05, 0) is 18.2 Å². The van der Waals surface area contributed by atoms with E-state index >= 15 is 0 Å². The number of halogens is 3. The van der Waals surface area contributed by atoms with Gasteiger partial charge >= 0.3 is 12.2 Å². The number of hydrogen-bond acceptors (Lipinski definition) is 7. The molecule has 3 aromatic heterocycles. The van der Waals surface area contributed by atoms with Gasteiger partial charge in [-0.2, -0.15) is 18.4 Å². The van der Waals surface area contributed by atoms with Crippen molar-refractivity contribution in [2.45, 2.75) is 18.0 Å². The molecule has 0 saturated heterocycles. The van der Waals surface area contributed by atoms with Crippen molar-refractivity contribution in [3.05, 3.63) is 29.6 Å². The number of anilines is 1. The molecule has 0 aliphatic carbocycles. The SMILES string of the molecule is CCS(=O)(=O)c1ccc(NC(=O)NC)nc1-c1nc2cc(C(F)(F)F)nc(C#N)c2n1C. The minimum absolute atomic E-state index is 0.0175. The summed E-state index contributed by atoms with van der Waals surface area (Å²) in [4.78, 5) is 23.1. The molecule has 0 aromatic carbocycles. The number of hydrogen-bond donors (Lipinski definition) is 2. The third-order valence-electron chi connectivity index (χ3n) is 4.50. The first-order valence-electron chi connectivity index (χ1n) is 9.00. The molecule has 10 nitrogen and oxygen atoms in total. The van der Waals surface area contributed by atoms with Crippen LogP contribution in [0, 0.1) is 11.3 Å². The Morgan fingerprint density at radius 3 is 2.50 bits per heavy atom. The fourth-order valence-electron chi connectivity index (χ4n) is 2.93. The lowest BCUT2D eigenvalue weighted by molar-refractivity contribution is -0.141. The van der Waals surface area contributed by atoms with Crippen molar-refractivity contribution in [1.82, 2.24) is 24.8 Å². The van der Waals surface area contributed by atoms with Crippen LogP contribution in [0.25, 0.3) is 22.6 Å². The lowest BCUT2D eigenvalue weighted by Gasteiger charge is -2.11. The third-order valence-corrected chi connectivity index (χ3v) is 6.26. The van der Waals surface area contributed by atoms with Crippen LogP contribution in [-0.2, 0) is 23.1 Å². The molecule has 3 aromatic rings. The Bertz CT molecular complexity index is 1380. The average molecular weight is 467 g/mol. The van der Waals surface area contributed by atoms with Crippen molar-refractivity contribution in [3.63, 3.8) is 0 Å². The van der Waals surface area contributed by atoms with Crippen molar-refractivity contribution in [3.8, 4) is 17.6 Å². The molecule has 32 heavy (non-hydrogen) atoms. The number of imidazole rings is 1. The first kappa shape index (κ1) is 22.9. The Kier molecular flexibility index (Phi) is 5.79. The van der Waals surface area contributed by atoms with Crippen LogP contribution in [-0.4, -0.2) is 46.8 Å². The number of pyridine rings is 2. The van der Waals surface area contributed by atoms with Gasteiger partial charge < -0.3 is 9.88 Å². The first-order chi connectivity index (χ1) is 14.9. The zero-order valence-corrected chi connectivity index (χ0v) is 17.8. The maximum Gasteiger partial charge on any atom is 0.433 e. The summed E-state index contributed by atoms with van der Waals surface area (Å²) in [5, 5.41) is 14.0. The highest BCUT2D eigenvalue weighted by molar-refractivity contribution is 7.91. The molecule has 0 unspecified atom stereocenters. The molecule has 0 radical (unpaired) electrons. The summed E-state index contributed by atoms with van der Waals surface area (Å²) in [7, 11) is -1.07. The molecular formula is C18H16F3N7O3S. The van der Waals surface area contributed by atoms with Gasteiger partial charge in [0.25, 0.3) is 0 Å². The Morgan fingerprint density at radius 1 is 1.25 bits per heavy atom. The van der Waals surface area contributed by atoms with Gasteiger partial charge in [0.2, 0.25) is 0 Å². The Balaban J connectivity index is 2.36. The van der Waals surface area contributed by atoms with Gasteiger partial charge in [-0.1, -0.05) is 6.92 Å². The number of aromatic nitrogens is 4. The van der Waals surface area contributed by atoms with Gasteiger partial charge in [-0.25, -0.2) is 28.2 Å². The molecule has 0 aliphatic rings. The first-order valence-corrected chi connectivity index (χ1v) is 10.7. The fraction of sp³-hybridized carbons (Fsp3) is 0.278. The highest BCUT2D eigenvalue weighted by Crippen LogP contribution is 2.34. The monoisotopic (exact) mass is 467 g/mol. The summed E-state index contributed by atoms with van der Waals surface area (Å²) in [5.74, 6) is -0.418. The topological polar surface area (TPSA) is 143 Å². The number of aryl methyl sites for hydroxylation is 1. The van der Waals surface area contributed by atoms with Gasteiger partial charge in [-0.3, -0.25) is 5.32 Å². The number of fused-ring (bicyclic) bond motifs is 1. The number of nitriles is 1. The largest absolute Gasteiger partial charge is 0.433 e. The number of sulfone groups is 1. The minimum atomic E-state index is -4.82. The third kappa shape index (κ3) is 4.06. The Labute approximate surface area is 180 Å². The van der Waals surface area contributed by atoms with Crippen molar-refractivity contribution >= 4 is 32.7 Å². The number of alkyl halides is 3. The van der Waals surface area contributed by atoms with Crippen molar-refractivity contribution in [2.24, 2.45) is 7.05 Å². The van der Waals surface area contributed by atoms with Crippen LogP contribution in [0.3, 0.4) is 0 Å². The van der Waals surface area contributed by atoms with Gasteiger partial charge in [0.15, 0.2) is 21.4 Å². The van der Waals surface area contributed by atoms with E-state index in [9.17, 15) is 31.6 Å². The number of carbonyl (C=O) groups excluding carboxylic acids is 1. The second-order valence-corrected chi connectivity index (χ2v) is 8.73. The van der Waals surface area contributed by atoms with Crippen LogP contribution in [0.1, 0.15) is 18.3 Å². The summed E-state index contributed by atoms with van der Waals surface area (Å²) in [5.41, 5.74) is -2.28. The maximum absolute atomic E-state index is 13.2. The fourth-order valence-corrected chi connectivity index (χ4v) is 3.95. The van der Waals surface area contributed by atoms with E-state index < -0.39 is 33.4 Å². The van der Waals surface area contributed by atoms with E-state index in [1.807, 2.05) is 0 Å². The average Bonchev–Trinajstić information content (AvgIpc) is 3.08. The summed E-state index contributed by atoms with van der Waals surface area (Å²) < 4.78 is 66.1. The quantitative estimate of drug-likeness (QED) is 0.600. The molecule has 0 saturated carbocycles. The molecule has 0 atom stereocenters. The van der Waals surface area contributed by atoms with E-state index in [1.54, 1.807) is 6.07 Å². The lowest BCUT2D eigenvalue weighted by atomic mass is 10.2. The summed E-state index contributed by atoms with van der Waals surface area (Å²) >= 11 is 0. The molecule has 3 heterocycles. The molecule has 0 spiro atoms. The maximum atomic E-state index is 13.2. The van der Waals surface area contributed by atoms with Crippen LogP contribution in [0.2, 0.25) is 0 Å². The summed E-state index contributed by atoms with van der Waals surface area (Å²) in [6.07, 6.45) is -4.82. The predicted molar refractivity (Wildman–Crippen MR) is 107 cm³/mol. The van der Waals surface area contributed by atoms with Gasteiger partial charge in [-0.15, -0.1) is 0 Å². The normalized spacial score (nSPS) is 11.9. The Hall–Kier alpha value is -3.73. The second-order valence-electron chi connectivity index (χ2n) is 6.48. The highest BCUT2D eigenvalue weighted by Gasteiger charge is 2.35. The highest BCUT2D eigenvalue weighted by atomic mass is 32.2. The molecule has 2 N–H and O–H groups in total. The smallest absolute Gasteiger partial charge is 0.341 e. The van der Waals surface area contributed by atoms with E-state index in [0.29, 0.717) is 6.07 Å². The second kappa shape index (κ2) is 8.08. The van der Waals surface area contributed by atoms with Gasteiger partial charge in [0.05, 0.1) is 16.2 Å². The molecule has 14 heteroatoms. The van der Waals surface area contributed by atoms with E-state index in [1.165, 1.54) is 37.7 Å². The standard InChI is InChI=1S/C18H16F3N7O3S/c1-4-32(30,31)11-5-6-13(27-17(29)23-2)26-14(11)16-25-9-7-12(18(19,20)21)24-10(8-22)15(9)28(16)3/h5-7H,4H2,1-3H3,(H2,23,26,27,29). The number of amides is 2. The summed E-state index contributed by atoms with van der Waals surface area (Å²) in [6, 6.07) is 4.15. The van der Waals surface area contributed by atoms with Crippen LogP contribution < -0.4 is 10.6 Å². The minimum Gasteiger partial charge on any atom is -0.341 e.